The highest BCUT2D eigenvalue weighted by molar-refractivity contribution is 7.99. The van der Waals surface area contributed by atoms with Crippen molar-refractivity contribution in [3.63, 3.8) is 0 Å². The molecule has 0 amide bonds. The smallest absolute Gasteiger partial charge is 0.321 e. The number of carbonyl (C=O) groups is 1. The number of para-hydroxylation sites is 1. The van der Waals surface area contributed by atoms with Gasteiger partial charge in [0.05, 0.1) is 10.6 Å². The fraction of sp³-hybridized carbons (Fsp3) is 0.231. The molecule has 1 unspecified atom stereocenters. The van der Waals surface area contributed by atoms with Crippen molar-refractivity contribution in [1.82, 2.24) is 9.78 Å². The monoisotopic (exact) mass is 293 g/mol. The van der Waals surface area contributed by atoms with Gasteiger partial charge in [0.1, 0.15) is 6.04 Å². The summed E-state index contributed by atoms with van der Waals surface area (Å²) in [5, 5.41) is 11.7. The van der Waals surface area contributed by atoms with Crippen molar-refractivity contribution < 1.29 is 9.90 Å². The Balaban J connectivity index is 2.26. The van der Waals surface area contributed by atoms with Crippen LogP contribution < -0.4 is 11.3 Å². The zero-order valence-electron chi connectivity index (χ0n) is 10.9. The van der Waals surface area contributed by atoms with E-state index in [2.05, 4.69) is 5.10 Å². The zero-order valence-corrected chi connectivity index (χ0v) is 11.7. The highest BCUT2D eigenvalue weighted by Crippen LogP contribution is 2.19. The molecule has 2 aromatic rings. The molecule has 20 heavy (non-hydrogen) atoms. The molecule has 0 aliphatic rings. The van der Waals surface area contributed by atoms with E-state index in [0.29, 0.717) is 10.6 Å². The molecule has 106 valence electrons. The van der Waals surface area contributed by atoms with E-state index in [1.807, 2.05) is 30.3 Å². The van der Waals surface area contributed by atoms with Crippen LogP contribution >= 0.6 is 11.8 Å². The maximum atomic E-state index is 12.3. The third kappa shape index (κ3) is 2.94. The number of nitrogens with zero attached hydrogens (tertiary/aromatic N) is 1. The quantitative estimate of drug-likeness (QED) is 0.713. The van der Waals surface area contributed by atoms with Crippen LogP contribution in [-0.4, -0.2) is 32.7 Å². The second-order valence-corrected chi connectivity index (χ2v) is 5.33. The lowest BCUT2D eigenvalue weighted by Crippen LogP contribution is -2.32. The molecular weight excluding hydrogens is 278 g/mol. The number of aromatic amines is 1. The Bertz CT molecular complexity index is 663. The van der Waals surface area contributed by atoms with E-state index < -0.39 is 12.0 Å². The molecule has 1 atom stereocenters. The fourth-order valence-electron chi connectivity index (χ4n) is 1.70. The maximum Gasteiger partial charge on any atom is 0.321 e. The normalized spacial score (nSPS) is 12.3. The molecule has 0 saturated heterocycles. The molecule has 0 aliphatic carbocycles. The number of thioether (sulfide) groups is 1. The van der Waals surface area contributed by atoms with Crippen molar-refractivity contribution in [3.05, 3.63) is 46.4 Å². The number of carboxylic acids is 1. The van der Waals surface area contributed by atoms with Gasteiger partial charge in [-0.25, -0.2) is 4.68 Å². The van der Waals surface area contributed by atoms with E-state index in [4.69, 9.17) is 10.8 Å². The summed E-state index contributed by atoms with van der Waals surface area (Å²) in [4.78, 5) is 23.5. The SMILES string of the molecule is Cc1[nH]n(-c2ccccc2)c(=O)c1SCC(N)C(=O)O. The van der Waals surface area contributed by atoms with E-state index in [-0.39, 0.29) is 11.3 Å². The van der Waals surface area contributed by atoms with E-state index in [1.54, 1.807) is 6.92 Å². The molecular formula is C13H15N3O3S. The first-order valence-corrected chi connectivity index (χ1v) is 6.97. The third-order valence-corrected chi connectivity index (χ3v) is 4.05. The molecule has 0 fully saturated rings. The largest absolute Gasteiger partial charge is 0.480 e. The number of nitrogens with one attached hydrogen (secondary N) is 1. The minimum absolute atomic E-state index is 0.151. The topological polar surface area (TPSA) is 101 Å². The number of aliphatic carboxylic acids is 1. The summed E-state index contributed by atoms with van der Waals surface area (Å²) in [6.45, 7) is 1.77. The van der Waals surface area contributed by atoms with Gasteiger partial charge in [-0.15, -0.1) is 11.8 Å². The summed E-state index contributed by atoms with van der Waals surface area (Å²) in [7, 11) is 0. The summed E-state index contributed by atoms with van der Waals surface area (Å²) in [6, 6.07) is 8.19. The average Bonchev–Trinajstić information content (AvgIpc) is 2.72. The van der Waals surface area contributed by atoms with Crippen molar-refractivity contribution in [2.24, 2.45) is 5.73 Å². The number of rotatable bonds is 5. The van der Waals surface area contributed by atoms with Gasteiger partial charge in [0.15, 0.2) is 0 Å². The van der Waals surface area contributed by atoms with Crippen molar-refractivity contribution in [1.29, 1.82) is 0 Å². The van der Waals surface area contributed by atoms with E-state index in [9.17, 15) is 9.59 Å². The second-order valence-electron chi connectivity index (χ2n) is 4.30. The Hall–Kier alpha value is -1.99. The third-order valence-electron chi connectivity index (χ3n) is 2.76. The Kier molecular flexibility index (Phi) is 4.31. The summed E-state index contributed by atoms with van der Waals surface area (Å²) in [5.41, 5.74) is 6.67. The van der Waals surface area contributed by atoms with Crippen molar-refractivity contribution in [2.45, 2.75) is 17.9 Å². The summed E-state index contributed by atoms with van der Waals surface area (Å²) >= 11 is 1.16. The first-order chi connectivity index (χ1) is 9.50. The number of H-pyrrole nitrogens is 1. The highest BCUT2D eigenvalue weighted by Gasteiger charge is 2.17. The minimum atomic E-state index is -1.07. The molecule has 1 heterocycles. The first kappa shape index (κ1) is 14.4. The Morgan fingerprint density at radius 2 is 2.10 bits per heavy atom. The van der Waals surface area contributed by atoms with Crippen LogP contribution in [0.15, 0.2) is 40.0 Å². The predicted octanol–water partition coefficient (Wildman–Crippen LogP) is 0.978. The number of aryl methyl sites for hydroxylation is 1. The van der Waals surface area contributed by atoms with Gasteiger partial charge >= 0.3 is 5.97 Å². The number of aromatic nitrogens is 2. The first-order valence-electron chi connectivity index (χ1n) is 5.99. The van der Waals surface area contributed by atoms with E-state index >= 15 is 0 Å². The molecule has 2 rings (SSSR count). The molecule has 0 spiro atoms. The van der Waals surface area contributed by atoms with Gasteiger partial charge in [0.25, 0.3) is 5.56 Å². The zero-order chi connectivity index (χ0) is 14.7. The van der Waals surface area contributed by atoms with E-state index in [1.165, 1.54) is 4.68 Å². The molecule has 1 aromatic heterocycles. The van der Waals surface area contributed by atoms with Crippen LogP contribution in [0.1, 0.15) is 5.69 Å². The lowest BCUT2D eigenvalue weighted by molar-refractivity contribution is -0.137. The highest BCUT2D eigenvalue weighted by atomic mass is 32.2. The maximum absolute atomic E-state index is 12.3. The number of benzene rings is 1. The van der Waals surface area contributed by atoms with Crippen LogP contribution in [0.4, 0.5) is 0 Å². The Labute approximate surface area is 119 Å². The molecule has 7 heteroatoms. The van der Waals surface area contributed by atoms with E-state index in [0.717, 1.165) is 17.4 Å². The minimum Gasteiger partial charge on any atom is -0.480 e. The molecule has 1 aromatic carbocycles. The van der Waals surface area contributed by atoms with Gasteiger partial charge in [-0.05, 0) is 19.1 Å². The molecule has 0 saturated carbocycles. The summed E-state index contributed by atoms with van der Waals surface area (Å²) < 4.78 is 1.43. The Morgan fingerprint density at radius 1 is 1.45 bits per heavy atom. The van der Waals surface area contributed by atoms with Crippen molar-refractivity contribution in [3.8, 4) is 5.69 Å². The molecule has 0 radical (unpaired) electrons. The van der Waals surface area contributed by atoms with Crippen LogP contribution in [0.5, 0.6) is 0 Å². The molecule has 0 bridgehead atoms. The predicted molar refractivity (Wildman–Crippen MR) is 77.5 cm³/mol. The lowest BCUT2D eigenvalue weighted by atomic mass is 10.3. The fourth-order valence-corrected chi connectivity index (χ4v) is 2.67. The number of hydrogen-bond donors (Lipinski definition) is 3. The Morgan fingerprint density at radius 3 is 2.70 bits per heavy atom. The standard InChI is InChI=1S/C13H15N3O3S/c1-8-11(20-7-10(14)13(18)19)12(17)16(15-8)9-5-3-2-4-6-9/h2-6,10,15H,7,14H2,1H3,(H,18,19). The molecule has 6 nitrogen and oxygen atoms in total. The van der Waals surface area contributed by atoms with Gasteiger partial charge in [-0.2, -0.15) is 0 Å². The van der Waals surface area contributed by atoms with Gasteiger partial charge in [0.2, 0.25) is 0 Å². The molecule has 4 N–H and O–H groups in total. The van der Waals surface area contributed by atoms with Crippen LogP contribution in [0.25, 0.3) is 5.69 Å². The summed E-state index contributed by atoms with van der Waals surface area (Å²) in [6.07, 6.45) is 0. The van der Waals surface area contributed by atoms with Crippen LogP contribution in [-0.2, 0) is 4.79 Å². The van der Waals surface area contributed by atoms with Gasteiger partial charge < -0.3 is 10.8 Å². The van der Waals surface area contributed by atoms with Gasteiger partial charge in [-0.3, -0.25) is 14.7 Å². The van der Waals surface area contributed by atoms with Crippen molar-refractivity contribution >= 4 is 17.7 Å². The second kappa shape index (κ2) is 5.98. The van der Waals surface area contributed by atoms with Gasteiger partial charge in [0, 0.05) is 11.4 Å². The number of hydrogen-bond acceptors (Lipinski definition) is 4. The summed E-state index contributed by atoms with van der Waals surface area (Å²) in [5.74, 6) is -0.924. The average molecular weight is 293 g/mol. The molecule has 0 aliphatic heterocycles. The van der Waals surface area contributed by atoms with Crippen LogP contribution in [0.2, 0.25) is 0 Å². The van der Waals surface area contributed by atoms with Gasteiger partial charge in [-0.1, -0.05) is 18.2 Å². The number of nitrogens with two attached hydrogens (primary N) is 1. The lowest BCUT2D eigenvalue weighted by Gasteiger charge is -2.03. The van der Waals surface area contributed by atoms with Crippen molar-refractivity contribution in [2.75, 3.05) is 5.75 Å². The van der Waals surface area contributed by atoms with Crippen LogP contribution in [0, 0.1) is 6.92 Å². The van der Waals surface area contributed by atoms with Crippen LogP contribution in [0.3, 0.4) is 0 Å². The number of carboxylic acid groups (broad SMARTS) is 1.